The molecule has 4 N–H and O–H groups in total. The van der Waals surface area contributed by atoms with E-state index in [0.29, 0.717) is 10.6 Å². The van der Waals surface area contributed by atoms with Crippen molar-refractivity contribution < 1.29 is 17.9 Å². The molecular formula is C9H12N2O4S2. The summed E-state index contributed by atoms with van der Waals surface area (Å²) >= 11 is 1.09. The van der Waals surface area contributed by atoms with Gasteiger partial charge in [0.1, 0.15) is 0 Å². The predicted octanol–water partition coefficient (Wildman–Crippen LogP) is 0.181. The Morgan fingerprint density at radius 2 is 2.12 bits per heavy atom. The molecule has 94 valence electrons. The summed E-state index contributed by atoms with van der Waals surface area (Å²) in [5.41, 5.74) is 6.03. The fourth-order valence-corrected chi connectivity index (χ4v) is 2.46. The number of nitrogens with two attached hydrogens (primary N) is 2. The van der Waals surface area contributed by atoms with Gasteiger partial charge < -0.3 is 10.5 Å². The molecule has 0 heterocycles. The lowest BCUT2D eigenvalue weighted by atomic mass is 10.3. The number of anilines is 1. The number of rotatable bonds is 4. The van der Waals surface area contributed by atoms with Gasteiger partial charge in [-0.3, -0.25) is 4.79 Å². The third kappa shape index (κ3) is 3.91. The molecule has 0 radical (unpaired) electrons. The second-order valence-electron chi connectivity index (χ2n) is 3.11. The highest BCUT2D eigenvalue weighted by molar-refractivity contribution is 8.00. The minimum absolute atomic E-state index is 0.0425. The van der Waals surface area contributed by atoms with E-state index in [9.17, 15) is 13.2 Å². The average Bonchev–Trinajstić information content (AvgIpc) is 2.26. The number of hydrogen-bond donors (Lipinski definition) is 2. The van der Waals surface area contributed by atoms with Crippen molar-refractivity contribution in [3.05, 3.63) is 18.2 Å². The van der Waals surface area contributed by atoms with Gasteiger partial charge in [0.05, 0.1) is 17.8 Å². The fraction of sp³-hybridized carbons (Fsp3) is 0.222. The molecule has 0 bridgehead atoms. The van der Waals surface area contributed by atoms with E-state index >= 15 is 0 Å². The number of thioether (sulfide) groups is 1. The van der Waals surface area contributed by atoms with E-state index < -0.39 is 16.0 Å². The van der Waals surface area contributed by atoms with Crippen LogP contribution in [0, 0.1) is 0 Å². The first-order valence-electron chi connectivity index (χ1n) is 4.46. The molecule has 0 aliphatic heterocycles. The molecule has 0 fully saturated rings. The van der Waals surface area contributed by atoms with Crippen LogP contribution in [0.25, 0.3) is 0 Å². The van der Waals surface area contributed by atoms with Crippen LogP contribution in [0.1, 0.15) is 0 Å². The van der Waals surface area contributed by atoms with Crippen LogP contribution >= 0.6 is 11.8 Å². The van der Waals surface area contributed by atoms with E-state index in [1.165, 1.54) is 25.3 Å². The molecule has 0 aliphatic carbocycles. The maximum atomic E-state index is 11.1. The molecule has 6 nitrogen and oxygen atoms in total. The Kier molecular flexibility index (Phi) is 4.38. The first-order valence-corrected chi connectivity index (χ1v) is 6.99. The van der Waals surface area contributed by atoms with E-state index in [1.54, 1.807) is 0 Å². The highest BCUT2D eigenvalue weighted by Crippen LogP contribution is 2.27. The summed E-state index contributed by atoms with van der Waals surface area (Å²) in [5.74, 6) is -0.371. The van der Waals surface area contributed by atoms with Crippen molar-refractivity contribution in [2.24, 2.45) is 5.14 Å². The molecule has 0 spiro atoms. The molecule has 0 amide bonds. The number of sulfonamides is 1. The molecule has 1 aromatic rings. The van der Waals surface area contributed by atoms with Gasteiger partial charge in [0, 0.05) is 10.6 Å². The molecule has 8 heteroatoms. The van der Waals surface area contributed by atoms with Gasteiger partial charge in [0.25, 0.3) is 0 Å². The Bertz CT molecular complexity index is 528. The fourth-order valence-electron chi connectivity index (χ4n) is 1.01. The second kappa shape index (κ2) is 5.39. The molecule has 0 aromatic heterocycles. The van der Waals surface area contributed by atoms with Crippen molar-refractivity contribution in [2.75, 3.05) is 18.6 Å². The number of benzene rings is 1. The number of carbonyl (C=O) groups excluding carboxylic acids is 1. The van der Waals surface area contributed by atoms with Crippen LogP contribution in [0.5, 0.6) is 0 Å². The van der Waals surface area contributed by atoms with Gasteiger partial charge in [-0.15, -0.1) is 11.8 Å². The maximum absolute atomic E-state index is 11.1. The van der Waals surface area contributed by atoms with Gasteiger partial charge in [-0.1, -0.05) is 0 Å². The molecular weight excluding hydrogens is 264 g/mol. The normalized spacial score (nSPS) is 11.2. The Hall–Kier alpha value is -1.25. The van der Waals surface area contributed by atoms with Crippen LogP contribution in [0.4, 0.5) is 5.69 Å². The van der Waals surface area contributed by atoms with Gasteiger partial charge in [-0.2, -0.15) is 0 Å². The second-order valence-corrected chi connectivity index (χ2v) is 5.69. The number of ether oxygens (including phenoxy) is 1. The zero-order chi connectivity index (χ0) is 13.1. The lowest BCUT2D eigenvalue weighted by Crippen LogP contribution is -2.12. The zero-order valence-corrected chi connectivity index (χ0v) is 10.7. The monoisotopic (exact) mass is 276 g/mol. The van der Waals surface area contributed by atoms with E-state index in [0.717, 1.165) is 11.8 Å². The third-order valence-corrected chi connectivity index (χ3v) is 3.84. The third-order valence-electron chi connectivity index (χ3n) is 1.89. The van der Waals surface area contributed by atoms with Crippen LogP contribution in [-0.4, -0.2) is 27.2 Å². The molecule has 0 aliphatic rings. The molecule has 0 unspecified atom stereocenters. The van der Waals surface area contributed by atoms with E-state index in [1.807, 2.05) is 0 Å². The first-order chi connectivity index (χ1) is 7.84. The van der Waals surface area contributed by atoms with Crippen molar-refractivity contribution in [1.82, 2.24) is 0 Å². The Morgan fingerprint density at radius 1 is 1.47 bits per heavy atom. The number of esters is 1. The summed E-state index contributed by atoms with van der Waals surface area (Å²) in [7, 11) is -2.50. The van der Waals surface area contributed by atoms with Gasteiger partial charge in [0.15, 0.2) is 0 Å². The lowest BCUT2D eigenvalue weighted by Gasteiger charge is -2.06. The quantitative estimate of drug-likeness (QED) is 0.461. The summed E-state index contributed by atoms with van der Waals surface area (Å²) in [5, 5.41) is 4.99. The number of hydrogen-bond acceptors (Lipinski definition) is 6. The minimum atomic E-state index is -3.77. The Labute approximate surface area is 103 Å². The molecule has 1 aromatic carbocycles. The topological polar surface area (TPSA) is 112 Å². The van der Waals surface area contributed by atoms with Gasteiger partial charge in [-0.05, 0) is 18.2 Å². The van der Waals surface area contributed by atoms with Gasteiger partial charge in [0.2, 0.25) is 10.0 Å². The number of carbonyl (C=O) groups is 1. The van der Waals surface area contributed by atoms with Crippen molar-refractivity contribution in [3.8, 4) is 0 Å². The average molecular weight is 276 g/mol. The summed E-state index contributed by atoms with van der Waals surface area (Å²) < 4.78 is 26.7. The van der Waals surface area contributed by atoms with Crippen LogP contribution < -0.4 is 10.9 Å². The minimum Gasteiger partial charge on any atom is -0.468 e. The summed E-state index contributed by atoms with van der Waals surface area (Å²) in [6, 6.07) is 4.07. The number of methoxy groups -OCH3 is 1. The molecule has 17 heavy (non-hydrogen) atoms. The first kappa shape index (κ1) is 13.8. The summed E-state index contributed by atoms with van der Waals surface area (Å²) in [6.07, 6.45) is 0. The maximum Gasteiger partial charge on any atom is 0.315 e. The summed E-state index contributed by atoms with van der Waals surface area (Å²) in [4.78, 5) is 11.4. The van der Waals surface area contributed by atoms with Crippen molar-refractivity contribution in [1.29, 1.82) is 0 Å². The van der Waals surface area contributed by atoms with Crippen LogP contribution in [0.15, 0.2) is 28.0 Å². The number of primary sulfonamides is 1. The van der Waals surface area contributed by atoms with Crippen molar-refractivity contribution in [3.63, 3.8) is 0 Å². The van der Waals surface area contributed by atoms with Crippen LogP contribution in [-0.2, 0) is 19.6 Å². The molecule has 0 atom stereocenters. The molecule has 0 saturated heterocycles. The van der Waals surface area contributed by atoms with E-state index in [4.69, 9.17) is 10.9 Å². The van der Waals surface area contributed by atoms with Gasteiger partial charge in [-0.25, -0.2) is 13.6 Å². The van der Waals surface area contributed by atoms with E-state index in [2.05, 4.69) is 4.74 Å². The summed E-state index contributed by atoms with van der Waals surface area (Å²) in [6.45, 7) is 0. The SMILES string of the molecule is COC(=O)CSc1cc(S(N)(=O)=O)ccc1N. The zero-order valence-electron chi connectivity index (χ0n) is 9.04. The highest BCUT2D eigenvalue weighted by Gasteiger charge is 2.11. The van der Waals surface area contributed by atoms with Crippen LogP contribution in [0.3, 0.4) is 0 Å². The molecule has 0 saturated carbocycles. The standard InChI is InChI=1S/C9H12N2O4S2/c1-15-9(12)5-16-8-4-6(17(11,13)14)2-3-7(8)10/h2-4H,5,10H2,1H3,(H2,11,13,14). The van der Waals surface area contributed by atoms with E-state index in [-0.39, 0.29) is 10.6 Å². The molecule has 1 rings (SSSR count). The smallest absolute Gasteiger partial charge is 0.315 e. The van der Waals surface area contributed by atoms with Crippen molar-refractivity contribution >= 4 is 33.4 Å². The largest absolute Gasteiger partial charge is 0.468 e. The Balaban J connectivity index is 2.96. The lowest BCUT2D eigenvalue weighted by molar-refractivity contribution is -0.137. The predicted molar refractivity (Wildman–Crippen MR) is 65.0 cm³/mol. The highest BCUT2D eigenvalue weighted by atomic mass is 32.2. The van der Waals surface area contributed by atoms with Crippen LogP contribution in [0.2, 0.25) is 0 Å². The number of nitrogen functional groups attached to an aromatic ring is 1. The Morgan fingerprint density at radius 3 is 2.65 bits per heavy atom. The van der Waals surface area contributed by atoms with Gasteiger partial charge >= 0.3 is 5.97 Å². The van der Waals surface area contributed by atoms with Crippen molar-refractivity contribution in [2.45, 2.75) is 9.79 Å².